The fraction of sp³-hybridized carbons (Fsp3) is 1.00. The Balaban J connectivity index is -0.0000000200. The zero-order chi connectivity index (χ0) is 2.71. The summed E-state index contributed by atoms with van der Waals surface area (Å²) in [7, 11) is 3.50. The summed E-state index contributed by atoms with van der Waals surface area (Å²) in [5.41, 5.74) is 0. The van der Waals surface area contributed by atoms with E-state index in [0.29, 0.717) is 0 Å². The smallest absolute Gasteiger partial charge is 0 e. The molecule has 0 aliphatic heterocycles. The monoisotopic (exact) mass is 173 g/mol. The van der Waals surface area contributed by atoms with Crippen molar-refractivity contribution in [2.45, 2.75) is 0 Å². The van der Waals surface area contributed by atoms with E-state index in [0.717, 1.165) is 0 Å². The third kappa shape index (κ3) is 45.5. The minimum Gasteiger partial charge on any atom is -0.668 e. The summed E-state index contributed by atoms with van der Waals surface area (Å²) >= 11 is 0. The predicted octanol–water partition coefficient (Wildman–Crippen LogP) is 1.04. The van der Waals surface area contributed by atoms with Crippen molar-refractivity contribution in [2.24, 2.45) is 0 Å². The van der Waals surface area contributed by atoms with Gasteiger partial charge in [0.2, 0.25) is 0 Å². The van der Waals surface area contributed by atoms with Crippen molar-refractivity contribution in [3.05, 3.63) is 5.32 Å². The molecule has 0 rings (SSSR count). The third-order valence-electron chi connectivity index (χ3n) is 0. The molecule has 0 aromatic carbocycles. The molecule has 0 amide bonds. The molecule has 0 aromatic heterocycles. The Bertz CT molecular complexity index is 9.61. The summed E-state index contributed by atoms with van der Waals surface area (Å²) in [6.45, 7) is 0. The van der Waals surface area contributed by atoms with Gasteiger partial charge in [0.25, 0.3) is 0 Å². The largest absolute Gasteiger partial charge is 0.668 e. The molecule has 1 radical (unpaired) electrons. The summed E-state index contributed by atoms with van der Waals surface area (Å²) in [5.74, 6) is 0. The Morgan fingerprint density at radius 2 is 1.20 bits per heavy atom. The van der Waals surface area contributed by atoms with Crippen molar-refractivity contribution >= 4 is 12.4 Å². The summed E-state index contributed by atoms with van der Waals surface area (Å²) in [5, 5.41) is 3.50. The van der Waals surface area contributed by atoms with Crippen molar-refractivity contribution in [3.63, 3.8) is 0 Å². The summed E-state index contributed by atoms with van der Waals surface area (Å²) in [6.07, 6.45) is 0. The molecule has 0 spiro atoms. The van der Waals surface area contributed by atoms with Crippen molar-refractivity contribution in [3.8, 4) is 0 Å². The summed E-state index contributed by atoms with van der Waals surface area (Å²) in [4.78, 5) is 0. The van der Waals surface area contributed by atoms with Gasteiger partial charge >= 0.3 is 0 Å². The minimum absolute atomic E-state index is 0. The van der Waals surface area contributed by atoms with Gasteiger partial charge in [-0.15, -0.1) is 12.4 Å². The second kappa shape index (κ2) is 20.1. The van der Waals surface area contributed by atoms with E-state index in [4.69, 9.17) is 0 Å². The van der Waals surface area contributed by atoms with Gasteiger partial charge < -0.3 is 5.32 Å². The molecule has 0 aliphatic carbocycles. The van der Waals surface area contributed by atoms with E-state index in [1.165, 1.54) is 0 Å². The van der Waals surface area contributed by atoms with E-state index in [2.05, 4.69) is 5.32 Å². The number of rotatable bonds is 0. The molecule has 1 nitrogen and oxygen atoms in total. The first kappa shape index (κ1) is 16.7. The van der Waals surface area contributed by atoms with E-state index in [9.17, 15) is 0 Å². The van der Waals surface area contributed by atoms with E-state index < -0.39 is 0 Å². The fourth-order valence-electron chi connectivity index (χ4n) is 0. The number of nitrogens with zero attached hydrogens (tertiary/aromatic N) is 1. The molecule has 3 heteroatoms. The second-order valence-electron chi connectivity index (χ2n) is 0.447. The van der Waals surface area contributed by atoms with Crippen LogP contribution in [0.1, 0.15) is 0 Å². The molecule has 0 aromatic rings. The molecule has 0 N–H and O–H groups in total. The van der Waals surface area contributed by atoms with Crippen molar-refractivity contribution in [1.82, 2.24) is 0 Å². The van der Waals surface area contributed by atoms with Crippen LogP contribution in [0.5, 0.6) is 0 Å². The molecular formula is C2H7ClNNb-. The standard InChI is InChI=1S/C2H6N.ClH.Nb/c1-3-2;;/h1-2H3;1H;/q-1;;. The van der Waals surface area contributed by atoms with Gasteiger partial charge in [-0.1, -0.05) is 0 Å². The van der Waals surface area contributed by atoms with E-state index in [1.807, 2.05) is 0 Å². The second-order valence-corrected chi connectivity index (χ2v) is 0.447. The molecule has 0 bridgehead atoms. The third-order valence-corrected chi connectivity index (χ3v) is 0. The Morgan fingerprint density at radius 1 is 1.20 bits per heavy atom. The minimum atomic E-state index is 0. The van der Waals surface area contributed by atoms with Crippen molar-refractivity contribution in [1.29, 1.82) is 0 Å². The van der Waals surface area contributed by atoms with Gasteiger partial charge in [0, 0.05) is 22.4 Å². The van der Waals surface area contributed by atoms with E-state index in [-0.39, 0.29) is 34.8 Å². The van der Waals surface area contributed by atoms with Gasteiger partial charge in [0.15, 0.2) is 0 Å². The van der Waals surface area contributed by atoms with Crippen LogP contribution in [0.2, 0.25) is 0 Å². The molecule has 0 heterocycles. The SMILES string of the molecule is C[N-]C.Cl.[Nb]. The van der Waals surface area contributed by atoms with Gasteiger partial charge in [0.1, 0.15) is 0 Å². The van der Waals surface area contributed by atoms with Gasteiger partial charge in [-0.05, 0) is 0 Å². The van der Waals surface area contributed by atoms with Gasteiger partial charge in [0.05, 0.1) is 0 Å². The van der Waals surface area contributed by atoms with Crippen LogP contribution in [0.3, 0.4) is 0 Å². The Labute approximate surface area is 54.4 Å². The molecule has 0 saturated carbocycles. The van der Waals surface area contributed by atoms with Crippen LogP contribution in [-0.4, -0.2) is 14.1 Å². The van der Waals surface area contributed by atoms with Crippen LogP contribution in [0.4, 0.5) is 0 Å². The first-order valence-electron chi connectivity index (χ1n) is 0.894. The van der Waals surface area contributed by atoms with Gasteiger partial charge in [-0.25, -0.2) is 0 Å². The number of halogens is 1. The molecule has 0 aliphatic rings. The van der Waals surface area contributed by atoms with Crippen LogP contribution in [0, 0.1) is 0 Å². The predicted molar refractivity (Wildman–Crippen MR) is 22.5 cm³/mol. The number of hydrogen-bond acceptors (Lipinski definition) is 0. The van der Waals surface area contributed by atoms with Gasteiger partial charge in [-0.2, -0.15) is 14.1 Å². The average molecular weight is 173 g/mol. The maximum absolute atomic E-state index is 3.50. The summed E-state index contributed by atoms with van der Waals surface area (Å²) < 4.78 is 0. The molecule has 0 fully saturated rings. The molecule has 0 atom stereocenters. The van der Waals surface area contributed by atoms with Crippen molar-refractivity contribution in [2.75, 3.05) is 14.1 Å². The average Bonchev–Trinajstić information content (AvgIpc) is 0.918. The Kier molecular flexibility index (Phi) is 66.9. The Morgan fingerprint density at radius 3 is 1.20 bits per heavy atom. The molecule has 0 saturated heterocycles. The maximum Gasteiger partial charge on any atom is 0 e. The van der Waals surface area contributed by atoms with Crippen LogP contribution in [-0.2, 0) is 22.4 Å². The molecular weight excluding hydrogens is 166 g/mol. The van der Waals surface area contributed by atoms with Crippen LogP contribution in [0.15, 0.2) is 0 Å². The zero-order valence-corrected chi connectivity index (χ0v) is 6.32. The first-order chi connectivity index (χ1) is 1.41. The molecule has 33 valence electrons. The van der Waals surface area contributed by atoms with E-state index in [1.54, 1.807) is 14.1 Å². The van der Waals surface area contributed by atoms with Gasteiger partial charge in [-0.3, -0.25) is 0 Å². The maximum atomic E-state index is 3.50. The fourth-order valence-corrected chi connectivity index (χ4v) is 0. The van der Waals surface area contributed by atoms with E-state index >= 15 is 0 Å². The van der Waals surface area contributed by atoms with Crippen LogP contribution in [0.25, 0.3) is 5.32 Å². The van der Waals surface area contributed by atoms with Crippen LogP contribution < -0.4 is 0 Å². The van der Waals surface area contributed by atoms with Crippen LogP contribution >= 0.6 is 12.4 Å². The van der Waals surface area contributed by atoms with Crippen molar-refractivity contribution < 1.29 is 22.4 Å². The molecule has 0 unspecified atom stereocenters. The quantitative estimate of drug-likeness (QED) is 0.486. The summed E-state index contributed by atoms with van der Waals surface area (Å²) in [6, 6.07) is 0. The topological polar surface area (TPSA) is 14.1 Å². The molecule has 5 heavy (non-hydrogen) atoms. The zero-order valence-electron chi connectivity index (χ0n) is 3.30. The Hall–Kier alpha value is 0.990. The normalized spacial score (nSPS) is 3.60. The first-order valence-corrected chi connectivity index (χ1v) is 0.894. The number of hydrogen-bond donors (Lipinski definition) is 0.